The second-order valence-corrected chi connectivity index (χ2v) is 7.62. The minimum Gasteiger partial charge on any atom is -0.478 e. The molecule has 31 heavy (non-hydrogen) atoms. The predicted molar refractivity (Wildman–Crippen MR) is 122 cm³/mol. The van der Waals surface area contributed by atoms with Crippen molar-refractivity contribution in [1.29, 1.82) is 0 Å². The maximum Gasteiger partial charge on any atom is 0.335 e. The lowest BCUT2D eigenvalue weighted by Crippen LogP contribution is -2.38. The number of hydrogen-bond donors (Lipinski definition) is 4. The van der Waals surface area contributed by atoms with Crippen LogP contribution in [0, 0.1) is 5.92 Å². The van der Waals surface area contributed by atoms with Gasteiger partial charge >= 0.3 is 11.9 Å². The summed E-state index contributed by atoms with van der Waals surface area (Å²) in [4.78, 5) is 20.4. The van der Waals surface area contributed by atoms with Crippen LogP contribution in [0.2, 0.25) is 0 Å². The first kappa shape index (κ1) is 28.3. The molecule has 6 nitrogen and oxygen atoms in total. The summed E-state index contributed by atoms with van der Waals surface area (Å²) in [7, 11) is 0. The lowest BCUT2D eigenvalue weighted by molar-refractivity contribution is -0.0531. The van der Waals surface area contributed by atoms with E-state index >= 15 is 0 Å². The van der Waals surface area contributed by atoms with Crippen LogP contribution in [0.25, 0.3) is 0 Å². The van der Waals surface area contributed by atoms with Crippen molar-refractivity contribution in [2.45, 2.75) is 65.1 Å². The molecule has 0 amide bonds. The van der Waals surface area contributed by atoms with E-state index in [9.17, 15) is 19.8 Å². The van der Waals surface area contributed by atoms with Gasteiger partial charge in [0.1, 0.15) is 0 Å². The smallest absolute Gasteiger partial charge is 0.335 e. The summed E-state index contributed by atoms with van der Waals surface area (Å²) in [5.41, 5.74) is -0.0144. The van der Waals surface area contributed by atoms with Gasteiger partial charge in [-0.3, -0.25) is 0 Å². The largest absolute Gasteiger partial charge is 0.478 e. The third-order valence-corrected chi connectivity index (χ3v) is 4.86. The van der Waals surface area contributed by atoms with Gasteiger partial charge in [0.25, 0.3) is 0 Å². The summed E-state index contributed by atoms with van der Waals surface area (Å²) in [5, 5.41) is 36.5. The van der Waals surface area contributed by atoms with Crippen LogP contribution in [0.15, 0.2) is 60.7 Å². The number of benzene rings is 2. The molecule has 2 rings (SSSR count). The van der Waals surface area contributed by atoms with Gasteiger partial charge in [-0.15, -0.1) is 0 Å². The summed E-state index contributed by atoms with van der Waals surface area (Å²) in [6.07, 6.45) is 2.61. The van der Waals surface area contributed by atoms with Gasteiger partial charge in [-0.2, -0.15) is 0 Å². The molecule has 0 spiro atoms. The molecule has 0 heterocycles. The van der Waals surface area contributed by atoms with E-state index in [-0.39, 0.29) is 12.0 Å². The van der Waals surface area contributed by atoms with Crippen LogP contribution in [0.5, 0.6) is 0 Å². The summed E-state index contributed by atoms with van der Waals surface area (Å²) in [6.45, 7) is 8.03. The van der Waals surface area contributed by atoms with E-state index in [0.717, 1.165) is 19.3 Å². The quantitative estimate of drug-likeness (QED) is 0.461. The van der Waals surface area contributed by atoms with E-state index in [4.69, 9.17) is 10.2 Å². The Hall–Kier alpha value is -2.70. The minimum atomic E-state index is -0.879. The Morgan fingerprint density at radius 1 is 0.839 bits per heavy atom. The van der Waals surface area contributed by atoms with Crippen molar-refractivity contribution in [2.24, 2.45) is 5.92 Å². The van der Waals surface area contributed by atoms with E-state index < -0.39 is 17.5 Å². The Labute approximate surface area is 185 Å². The lowest BCUT2D eigenvalue weighted by Gasteiger charge is -2.33. The van der Waals surface area contributed by atoms with Crippen LogP contribution in [0.3, 0.4) is 0 Å². The fourth-order valence-corrected chi connectivity index (χ4v) is 2.77. The fourth-order valence-electron chi connectivity index (χ4n) is 2.77. The molecule has 0 saturated heterocycles. The monoisotopic (exact) mass is 432 g/mol. The van der Waals surface area contributed by atoms with Crippen LogP contribution in [0.1, 0.15) is 74.1 Å². The zero-order valence-corrected chi connectivity index (χ0v) is 18.9. The Balaban J connectivity index is 0.000000445. The van der Waals surface area contributed by atoms with Crippen molar-refractivity contribution in [3.63, 3.8) is 0 Å². The summed E-state index contributed by atoms with van der Waals surface area (Å²) >= 11 is 0. The molecule has 2 atom stereocenters. The molecular weight excluding hydrogens is 396 g/mol. The zero-order chi connectivity index (χ0) is 23.9. The molecule has 0 saturated carbocycles. The van der Waals surface area contributed by atoms with Crippen molar-refractivity contribution in [2.75, 3.05) is 0 Å². The van der Waals surface area contributed by atoms with Gasteiger partial charge in [-0.25, -0.2) is 9.59 Å². The highest BCUT2D eigenvalue weighted by molar-refractivity contribution is 5.87. The Morgan fingerprint density at radius 2 is 1.23 bits per heavy atom. The second-order valence-electron chi connectivity index (χ2n) is 7.62. The average Bonchev–Trinajstić information content (AvgIpc) is 2.75. The molecule has 0 aliphatic rings. The van der Waals surface area contributed by atoms with Crippen molar-refractivity contribution in [3.05, 3.63) is 71.8 Å². The maximum absolute atomic E-state index is 10.2. The van der Waals surface area contributed by atoms with E-state index in [1.54, 1.807) is 60.7 Å². The summed E-state index contributed by atoms with van der Waals surface area (Å²) < 4.78 is 0. The molecule has 0 aliphatic heterocycles. The highest BCUT2D eigenvalue weighted by Gasteiger charge is 2.31. The third kappa shape index (κ3) is 11.9. The predicted octanol–water partition coefficient (Wildman–Crippen LogP) is 5.10. The fraction of sp³-hybridized carbons (Fsp3) is 0.440. The highest BCUT2D eigenvalue weighted by Crippen LogP contribution is 2.28. The average molecular weight is 433 g/mol. The topological polar surface area (TPSA) is 115 Å². The van der Waals surface area contributed by atoms with Crippen LogP contribution in [-0.4, -0.2) is 44.1 Å². The standard InChI is InChI=1S/C11H24O2.2C7H6O2/c1-5-7-11(13,9(3)4)8-10(12)6-2;2*8-7(9)6-4-2-1-3-5-6/h9-10,12-13H,5-8H2,1-4H3;2*1-5H,(H,8,9). The highest BCUT2D eigenvalue weighted by atomic mass is 16.4. The van der Waals surface area contributed by atoms with E-state index in [1.807, 2.05) is 20.8 Å². The molecule has 4 N–H and O–H groups in total. The minimum absolute atomic E-state index is 0.216. The van der Waals surface area contributed by atoms with Gasteiger partial charge in [0.15, 0.2) is 0 Å². The van der Waals surface area contributed by atoms with Gasteiger partial charge in [0.05, 0.1) is 22.8 Å². The molecule has 2 aromatic rings. The van der Waals surface area contributed by atoms with Gasteiger partial charge < -0.3 is 20.4 Å². The Bertz CT molecular complexity index is 696. The van der Waals surface area contributed by atoms with Crippen molar-refractivity contribution in [1.82, 2.24) is 0 Å². The number of aliphatic hydroxyl groups is 2. The van der Waals surface area contributed by atoms with Crippen LogP contribution < -0.4 is 0 Å². The third-order valence-electron chi connectivity index (χ3n) is 4.86. The number of carboxylic acid groups (broad SMARTS) is 2. The number of carboxylic acids is 2. The summed E-state index contributed by atoms with van der Waals surface area (Å²) in [5.74, 6) is -1.54. The maximum atomic E-state index is 10.2. The summed E-state index contributed by atoms with van der Waals surface area (Å²) in [6, 6.07) is 16.6. The Morgan fingerprint density at radius 3 is 1.45 bits per heavy atom. The first-order valence-electron chi connectivity index (χ1n) is 10.5. The van der Waals surface area contributed by atoms with Gasteiger partial charge in [-0.1, -0.05) is 70.5 Å². The number of rotatable bonds is 8. The van der Waals surface area contributed by atoms with E-state index in [1.165, 1.54) is 0 Å². The van der Waals surface area contributed by atoms with Gasteiger partial charge in [-0.05, 0) is 43.0 Å². The molecule has 6 heteroatoms. The first-order valence-corrected chi connectivity index (χ1v) is 10.5. The molecule has 2 aromatic carbocycles. The number of aromatic carboxylic acids is 2. The normalized spacial score (nSPS) is 13.0. The zero-order valence-electron chi connectivity index (χ0n) is 18.9. The van der Waals surface area contributed by atoms with Crippen LogP contribution in [-0.2, 0) is 0 Å². The van der Waals surface area contributed by atoms with Crippen LogP contribution in [0.4, 0.5) is 0 Å². The number of aliphatic hydroxyl groups excluding tert-OH is 1. The molecular formula is C25H36O6. The molecule has 0 fully saturated rings. The molecule has 0 bridgehead atoms. The van der Waals surface area contributed by atoms with Gasteiger partial charge in [0, 0.05) is 6.42 Å². The van der Waals surface area contributed by atoms with E-state index in [0.29, 0.717) is 17.5 Å². The van der Waals surface area contributed by atoms with Crippen LogP contribution >= 0.6 is 0 Å². The van der Waals surface area contributed by atoms with E-state index in [2.05, 4.69) is 6.92 Å². The molecule has 172 valence electrons. The second kappa shape index (κ2) is 15.2. The number of hydrogen-bond acceptors (Lipinski definition) is 4. The van der Waals surface area contributed by atoms with Crippen molar-refractivity contribution >= 4 is 11.9 Å². The molecule has 0 aromatic heterocycles. The van der Waals surface area contributed by atoms with Crippen molar-refractivity contribution in [3.8, 4) is 0 Å². The van der Waals surface area contributed by atoms with Crippen molar-refractivity contribution < 1.29 is 30.0 Å². The molecule has 0 aliphatic carbocycles. The first-order chi connectivity index (χ1) is 14.6. The lowest BCUT2D eigenvalue weighted by atomic mass is 9.81. The number of carbonyl (C=O) groups is 2. The molecule has 2 unspecified atom stereocenters. The SMILES string of the molecule is CCCC(O)(CC(O)CC)C(C)C.O=C(O)c1ccccc1.O=C(O)c1ccccc1. The molecule has 0 radical (unpaired) electrons. The Kier molecular flexibility index (Phi) is 13.8. The van der Waals surface area contributed by atoms with Gasteiger partial charge in [0.2, 0.25) is 0 Å².